The summed E-state index contributed by atoms with van der Waals surface area (Å²) in [5, 5.41) is 3.49. The number of rotatable bonds is 5. The van der Waals surface area contributed by atoms with Crippen molar-refractivity contribution in [2.45, 2.75) is 32.1 Å². The van der Waals surface area contributed by atoms with E-state index in [0.29, 0.717) is 5.92 Å². The van der Waals surface area contributed by atoms with Gasteiger partial charge in [0.15, 0.2) is 0 Å². The molecular formula is C20H26ClNO. The van der Waals surface area contributed by atoms with Crippen molar-refractivity contribution >= 4 is 12.4 Å². The number of hydrogen-bond donors (Lipinski definition) is 1. The highest BCUT2D eigenvalue weighted by molar-refractivity contribution is 5.85. The van der Waals surface area contributed by atoms with Crippen molar-refractivity contribution in [1.82, 2.24) is 5.32 Å². The smallest absolute Gasteiger partial charge is 0.119 e. The van der Waals surface area contributed by atoms with Crippen LogP contribution in [-0.4, -0.2) is 19.7 Å². The molecule has 1 unspecified atom stereocenters. The van der Waals surface area contributed by atoms with Crippen molar-refractivity contribution in [2.24, 2.45) is 0 Å². The van der Waals surface area contributed by atoms with Crippen LogP contribution in [0.25, 0.3) is 0 Å². The molecule has 0 saturated carbocycles. The van der Waals surface area contributed by atoms with Gasteiger partial charge < -0.3 is 10.1 Å². The average Bonchev–Trinajstić information content (AvgIpc) is 2.74. The molecule has 0 aromatic heterocycles. The molecule has 1 atom stereocenters. The van der Waals surface area contributed by atoms with Crippen LogP contribution in [0.5, 0.6) is 5.75 Å². The summed E-state index contributed by atoms with van der Waals surface area (Å²) in [7, 11) is 0. The minimum atomic E-state index is 0. The molecule has 0 bridgehead atoms. The number of hydrogen-bond acceptors (Lipinski definition) is 2. The summed E-state index contributed by atoms with van der Waals surface area (Å²) in [4.78, 5) is 0. The summed E-state index contributed by atoms with van der Waals surface area (Å²) < 4.78 is 5.95. The Labute approximate surface area is 145 Å². The van der Waals surface area contributed by atoms with E-state index in [9.17, 15) is 0 Å². The fourth-order valence-electron chi connectivity index (χ4n) is 3.13. The fraction of sp³-hybridized carbons (Fsp3) is 0.400. The van der Waals surface area contributed by atoms with E-state index >= 15 is 0 Å². The number of aryl methyl sites for hydroxylation is 1. The molecule has 1 heterocycles. The predicted octanol–water partition coefficient (Wildman–Crippen LogP) is 4.37. The number of halogens is 1. The van der Waals surface area contributed by atoms with E-state index in [1.807, 2.05) is 0 Å². The van der Waals surface area contributed by atoms with Gasteiger partial charge in [0.1, 0.15) is 5.75 Å². The average molecular weight is 332 g/mol. The second-order valence-corrected chi connectivity index (χ2v) is 6.15. The van der Waals surface area contributed by atoms with E-state index in [-0.39, 0.29) is 12.4 Å². The highest BCUT2D eigenvalue weighted by atomic mass is 35.5. The Balaban J connectivity index is 0.00000192. The lowest BCUT2D eigenvalue weighted by Crippen LogP contribution is -2.18. The van der Waals surface area contributed by atoms with E-state index in [2.05, 4.69) is 60.8 Å². The molecule has 1 aliphatic heterocycles. The van der Waals surface area contributed by atoms with Gasteiger partial charge in [0.2, 0.25) is 0 Å². The van der Waals surface area contributed by atoms with Crippen molar-refractivity contribution < 1.29 is 4.74 Å². The molecule has 2 aromatic rings. The maximum atomic E-state index is 5.95. The van der Waals surface area contributed by atoms with Crippen LogP contribution in [0, 0.1) is 0 Å². The van der Waals surface area contributed by atoms with Crippen LogP contribution in [0.4, 0.5) is 0 Å². The first-order valence-corrected chi connectivity index (χ1v) is 8.33. The van der Waals surface area contributed by atoms with Crippen molar-refractivity contribution in [3.8, 4) is 5.75 Å². The SMILES string of the molecule is CC1CNCCc2cc(OCCCc3ccccc3)ccc21.Cl. The Kier molecular flexibility index (Phi) is 6.94. The van der Waals surface area contributed by atoms with Gasteiger partial charge in [0.05, 0.1) is 6.61 Å². The Hall–Kier alpha value is -1.51. The summed E-state index contributed by atoms with van der Waals surface area (Å²) in [5.74, 6) is 1.60. The third kappa shape index (κ3) is 4.98. The van der Waals surface area contributed by atoms with Gasteiger partial charge in [-0.1, -0.05) is 43.3 Å². The maximum absolute atomic E-state index is 5.95. The van der Waals surface area contributed by atoms with E-state index in [1.54, 1.807) is 0 Å². The van der Waals surface area contributed by atoms with E-state index in [0.717, 1.165) is 44.7 Å². The largest absolute Gasteiger partial charge is 0.494 e. The molecule has 0 amide bonds. The van der Waals surface area contributed by atoms with Crippen molar-refractivity contribution in [1.29, 1.82) is 0 Å². The lowest BCUT2D eigenvalue weighted by molar-refractivity contribution is 0.310. The number of ether oxygens (including phenoxy) is 1. The van der Waals surface area contributed by atoms with Gasteiger partial charge in [-0.05, 0) is 60.5 Å². The van der Waals surface area contributed by atoms with Crippen LogP contribution < -0.4 is 10.1 Å². The second-order valence-electron chi connectivity index (χ2n) is 6.15. The summed E-state index contributed by atoms with van der Waals surface area (Å²) >= 11 is 0. The third-order valence-corrected chi connectivity index (χ3v) is 4.39. The van der Waals surface area contributed by atoms with Gasteiger partial charge in [0.25, 0.3) is 0 Å². The molecule has 3 rings (SSSR count). The van der Waals surface area contributed by atoms with Gasteiger partial charge >= 0.3 is 0 Å². The Morgan fingerprint density at radius 1 is 1.13 bits per heavy atom. The molecule has 3 heteroatoms. The first-order chi connectivity index (χ1) is 10.8. The van der Waals surface area contributed by atoms with E-state index in [4.69, 9.17) is 4.74 Å². The number of nitrogens with one attached hydrogen (secondary N) is 1. The topological polar surface area (TPSA) is 21.3 Å². The van der Waals surface area contributed by atoms with Gasteiger partial charge in [0, 0.05) is 6.54 Å². The maximum Gasteiger partial charge on any atom is 0.119 e. The summed E-state index contributed by atoms with van der Waals surface area (Å²) in [6, 6.07) is 17.2. The Morgan fingerprint density at radius 2 is 1.96 bits per heavy atom. The van der Waals surface area contributed by atoms with Crippen LogP contribution in [0.15, 0.2) is 48.5 Å². The predicted molar refractivity (Wildman–Crippen MR) is 98.9 cm³/mol. The van der Waals surface area contributed by atoms with Crippen LogP contribution in [-0.2, 0) is 12.8 Å². The van der Waals surface area contributed by atoms with Crippen LogP contribution in [0.1, 0.15) is 36.0 Å². The van der Waals surface area contributed by atoms with E-state index in [1.165, 1.54) is 16.7 Å². The standard InChI is InChI=1S/C20H25NO.ClH/c1-16-15-21-12-11-18-14-19(9-10-20(16)18)22-13-5-8-17-6-3-2-4-7-17;/h2-4,6-7,9-10,14,16,21H,5,8,11-13,15H2,1H3;1H. The zero-order valence-corrected chi connectivity index (χ0v) is 14.6. The van der Waals surface area contributed by atoms with Crippen molar-refractivity contribution in [3.05, 3.63) is 65.2 Å². The monoisotopic (exact) mass is 331 g/mol. The third-order valence-electron chi connectivity index (χ3n) is 4.39. The number of fused-ring (bicyclic) bond motifs is 1. The number of benzene rings is 2. The molecule has 1 aliphatic rings. The molecule has 0 saturated heterocycles. The lowest BCUT2D eigenvalue weighted by Gasteiger charge is -2.14. The molecule has 2 aromatic carbocycles. The van der Waals surface area contributed by atoms with Gasteiger partial charge in [-0.3, -0.25) is 0 Å². The van der Waals surface area contributed by atoms with Gasteiger partial charge in [-0.2, -0.15) is 0 Å². The molecule has 0 spiro atoms. The van der Waals surface area contributed by atoms with Gasteiger partial charge in [-0.25, -0.2) is 0 Å². The normalized spacial score (nSPS) is 16.8. The Morgan fingerprint density at radius 3 is 2.78 bits per heavy atom. The highest BCUT2D eigenvalue weighted by Gasteiger charge is 2.14. The zero-order chi connectivity index (χ0) is 15.2. The van der Waals surface area contributed by atoms with Crippen LogP contribution >= 0.6 is 12.4 Å². The molecule has 1 N–H and O–H groups in total. The molecule has 23 heavy (non-hydrogen) atoms. The first kappa shape index (κ1) is 17.8. The summed E-state index contributed by atoms with van der Waals surface area (Å²) in [6.45, 7) is 5.21. The molecule has 2 nitrogen and oxygen atoms in total. The fourth-order valence-corrected chi connectivity index (χ4v) is 3.13. The first-order valence-electron chi connectivity index (χ1n) is 8.33. The van der Waals surface area contributed by atoms with Gasteiger partial charge in [-0.15, -0.1) is 12.4 Å². The lowest BCUT2D eigenvalue weighted by atomic mass is 9.95. The highest BCUT2D eigenvalue weighted by Crippen LogP contribution is 2.26. The van der Waals surface area contributed by atoms with Crippen LogP contribution in [0.3, 0.4) is 0 Å². The zero-order valence-electron chi connectivity index (χ0n) is 13.8. The Bertz CT molecular complexity index is 600. The molecular weight excluding hydrogens is 306 g/mol. The van der Waals surface area contributed by atoms with Crippen LogP contribution in [0.2, 0.25) is 0 Å². The second kappa shape index (κ2) is 8.95. The minimum absolute atomic E-state index is 0. The van der Waals surface area contributed by atoms with E-state index < -0.39 is 0 Å². The molecule has 124 valence electrons. The molecule has 0 aliphatic carbocycles. The minimum Gasteiger partial charge on any atom is -0.494 e. The van der Waals surface area contributed by atoms with Crippen molar-refractivity contribution in [3.63, 3.8) is 0 Å². The molecule has 0 radical (unpaired) electrons. The quantitative estimate of drug-likeness (QED) is 0.821. The molecule has 0 fully saturated rings. The van der Waals surface area contributed by atoms with Crippen molar-refractivity contribution in [2.75, 3.05) is 19.7 Å². The summed E-state index contributed by atoms with van der Waals surface area (Å²) in [6.07, 6.45) is 3.23. The summed E-state index contributed by atoms with van der Waals surface area (Å²) in [5.41, 5.74) is 4.30.